The summed E-state index contributed by atoms with van der Waals surface area (Å²) >= 11 is 5.32. The number of piperidine rings is 1. The molecule has 2 aromatic carbocycles. The van der Waals surface area contributed by atoms with E-state index in [9.17, 15) is 9.59 Å². The highest BCUT2D eigenvalue weighted by atomic mass is 32.1. The van der Waals surface area contributed by atoms with Crippen molar-refractivity contribution in [2.75, 3.05) is 26.7 Å². The molecule has 1 aliphatic heterocycles. The Morgan fingerprint density at radius 1 is 1.21 bits per heavy atom. The number of aromatic nitrogens is 2. The highest BCUT2D eigenvalue weighted by Crippen LogP contribution is 2.26. The average molecular weight is 479 g/mol. The molecule has 1 fully saturated rings. The minimum atomic E-state index is -0.199. The van der Waals surface area contributed by atoms with Gasteiger partial charge in [0.1, 0.15) is 5.75 Å². The van der Waals surface area contributed by atoms with Gasteiger partial charge in [-0.15, -0.1) is 6.58 Å². The molecule has 34 heavy (non-hydrogen) atoms. The second-order valence-corrected chi connectivity index (χ2v) is 8.88. The molecular weight excluding hydrogens is 448 g/mol. The fourth-order valence-electron chi connectivity index (χ4n) is 4.50. The molecule has 1 atom stereocenters. The van der Waals surface area contributed by atoms with Crippen LogP contribution in [0, 0.1) is 4.77 Å². The number of amides is 1. The minimum absolute atomic E-state index is 0.0764. The predicted octanol–water partition coefficient (Wildman–Crippen LogP) is 4.21. The first-order valence-electron chi connectivity index (χ1n) is 11.6. The van der Waals surface area contributed by atoms with Crippen LogP contribution in [-0.2, 0) is 6.54 Å². The number of fused-ring (bicyclic) bond motifs is 1. The van der Waals surface area contributed by atoms with Gasteiger partial charge < -0.3 is 15.0 Å². The lowest BCUT2D eigenvalue weighted by Gasteiger charge is -2.35. The normalized spacial score (nSPS) is 15.1. The number of methoxy groups -OCH3 is 1. The number of H-pyrrole nitrogens is 1. The van der Waals surface area contributed by atoms with Crippen molar-refractivity contribution in [3.63, 3.8) is 0 Å². The Morgan fingerprint density at radius 2 is 1.94 bits per heavy atom. The molecule has 1 amide bonds. The highest BCUT2D eigenvalue weighted by Gasteiger charge is 2.23. The number of allylic oxidation sites excluding steroid dienone is 1. The summed E-state index contributed by atoms with van der Waals surface area (Å²) < 4.78 is 7.05. The Labute approximate surface area is 204 Å². The quantitative estimate of drug-likeness (QED) is 0.375. The molecule has 0 aliphatic carbocycles. The van der Waals surface area contributed by atoms with Gasteiger partial charge in [0.15, 0.2) is 4.77 Å². The number of benzene rings is 2. The third kappa shape index (κ3) is 5.13. The Morgan fingerprint density at radius 3 is 2.62 bits per heavy atom. The van der Waals surface area contributed by atoms with Crippen molar-refractivity contribution in [2.45, 2.75) is 31.8 Å². The second-order valence-electron chi connectivity index (χ2n) is 8.49. The van der Waals surface area contributed by atoms with E-state index in [2.05, 4.69) is 33.9 Å². The van der Waals surface area contributed by atoms with Crippen molar-refractivity contribution >= 4 is 29.0 Å². The van der Waals surface area contributed by atoms with Crippen LogP contribution >= 0.6 is 12.2 Å². The van der Waals surface area contributed by atoms with E-state index in [4.69, 9.17) is 17.0 Å². The van der Waals surface area contributed by atoms with E-state index in [1.807, 2.05) is 12.1 Å². The summed E-state index contributed by atoms with van der Waals surface area (Å²) in [5.74, 6) is 0.623. The highest BCUT2D eigenvalue weighted by molar-refractivity contribution is 7.71. The molecular formula is C26H30N4O3S. The smallest absolute Gasteiger partial charge is 0.262 e. The Bertz CT molecular complexity index is 1290. The SMILES string of the molecule is C=CCn1c(=S)[nH]c2cc(C(=O)NCC(c3ccc(OC)cc3)N3CCCCC3)ccc2c1=O. The summed E-state index contributed by atoms with van der Waals surface area (Å²) in [6, 6.07) is 13.2. The summed E-state index contributed by atoms with van der Waals surface area (Å²) in [5.41, 5.74) is 1.97. The number of nitrogens with zero attached hydrogens (tertiary/aromatic N) is 2. The van der Waals surface area contributed by atoms with Crippen LogP contribution in [0.15, 0.2) is 59.9 Å². The van der Waals surface area contributed by atoms with Crippen molar-refractivity contribution in [2.24, 2.45) is 0 Å². The fraction of sp³-hybridized carbons (Fsp3) is 0.346. The van der Waals surface area contributed by atoms with Gasteiger partial charge in [-0.05, 0) is 74.0 Å². The first-order valence-corrected chi connectivity index (χ1v) is 12.0. The van der Waals surface area contributed by atoms with E-state index < -0.39 is 0 Å². The number of hydrogen-bond acceptors (Lipinski definition) is 5. The molecule has 0 spiro atoms. The number of rotatable bonds is 8. The lowest BCUT2D eigenvalue weighted by Crippen LogP contribution is -2.40. The van der Waals surface area contributed by atoms with Crippen LogP contribution in [-0.4, -0.2) is 47.1 Å². The van der Waals surface area contributed by atoms with Crippen molar-refractivity contribution in [1.82, 2.24) is 19.8 Å². The van der Waals surface area contributed by atoms with Crippen molar-refractivity contribution in [3.8, 4) is 5.75 Å². The maximum atomic E-state index is 13.1. The molecule has 4 rings (SSSR count). The molecule has 8 heteroatoms. The van der Waals surface area contributed by atoms with Crippen LogP contribution < -0.4 is 15.6 Å². The van der Waals surface area contributed by atoms with Crippen LogP contribution in [0.25, 0.3) is 10.9 Å². The van der Waals surface area contributed by atoms with Gasteiger partial charge in [-0.3, -0.25) is 19.1 Å². The predicted molar refractivity (Wildman–Crippen MR) is 137 cm³/mol. The van der Waals surface area contributed by atoms with Crippen molar-refractivity contribution in [1.29, 1.82) is 0 Å². The number of hydrogen-bond donors (Lipinski definition) is 2. The number of ether oxygens (including phenoxy) is 1. The van der Waals surface area contributed by atoms with Gasteiger partial charge in [0.05, 0.1) is 24.1 Å². The van der Waals surface area contributed by atoms with E-state index in [0.717, 1.165) is 37.2 Å². The number of aromatic amines is 1. The fourth-order valence-corrected chi connectivity index (χ4v) is 4.76. The summed E-state index contributed by atoms with van der Waals surface area (Å²) in [4.78, 5) is 31.3. The zero-order valence-electron chi connectivity index (χ0n) is 19.4. The molecule has 2 N–H and O–H groups in total. The van der Waals surface area contributed by atoms with E-state index in [1.54, 1.807) is 31.4 Å². The summed E-state index contributed by atoms with van der Waals surface area (Å²) in [6.45, 7) is 6.51. The Hall–Kier alpha value is -3.23. The van der Waals surface area contributed by atoms with Gasteiger partial charge >= 0.3 is 0 Å². The van der Waals surface area contributed by atoms with Crippen LogP contribution in [0.5, 0.6) is 5.75 Å². The van der Waals surface area contributed by atoms with Crippen LogP contribution in [0.2, 0.25) is 0 Å². The summed E-state index contributed by atoms with van der Waals surface area (Å²) in [5, 5.41) is 3.58. The lowest BCUT2D eigenvalue weighted by molar-refractivity contribution is 0.0924. The van der Waals surface area contributed by atoms with Crippen LogP contribution in [0.3, 0.4) is 0 Å². The number of carbonyl (C=O) groups is 1. The van der Waals surface area contributed by atoms with Crippen LogP contribution in [0.1, 0.15) is 41.2 Å². The summed E-state index contributed by atoms with van der Waals surface area (Å²) in [6.07, 6.45) is 5.19. The van der Waals surface area contributed by atoms with Crippen LogP contribution in [0.4, 0.5) is 0 Å². The molecule has 1 aromatic heterocycles. The maximum absolute atomic E-state index is 13.1. The molecule has 0 bridgehead atoms. The molecule has 178 valence electrons. The van der Waals surface area contributed by atoms with Gasteiger partial charge in [-0.25, -0.2) is 0 Å². The second kappa shape index (κ2) is 10.8. The molecule has 0 radical (unpaired) electrons. The molecule has 1 unspecified atom stereocenters. The molecule has 0 saturated carbocycles. The van der Waals surface area contributed by atoms with Gasteiger partial charge in [0.25, 0.3) is 11.5 Å². The molecule has 2 heterocycles. The molecule has 7 nitrogen and oxygen atoms in total. The average Bonchev–Trinajstić information content (AvgIpc) is 2.87. The maximum Gasteiger partial charge on any atom is 0.262 e. The van der Waals surface area contributed by atoms with Gasteiger partial charge in [-0.2, -0.15) is 0 Å². The summed E-state index contributed by atoms with van der Waals surface area (Å²) in [7, 11) is 1.65. The van der Waals surface area contributed by atoms with Gasteiger partial charge in [0, 0.05) is 18.7 Å². The third-order valence-electron chi connectivity index (χ3n) is 6.34. The topological polar surface area (TPSA) is 79.4 Å². The minimum Gasteiger partial charge on any atom is -0.497 e. The molecule has 1 aliphatic rings. The van der Waals surface area contributed by atoms with E-state index in [-0.39, 0.29) is 17.5 Å². The number of carbonyl (C=O) groups excluding carboxylic acids is 1. The largest absolute Gasteiger partial charge is 0.497 e. The van der Waals surface area contributed by atoms with E-state index in [0.29, 0.717) is 34.3 Å². The van der Waals surface area contributed by atoms with Crippen molar-refractivity contribution in [3.05, 3.63) is 81.4 Å². The monoisotopic (exact) mass is 478 g/mol. The Balaban J connectivity index is 1.55. The first-order chi connectivity index (χ1) is 16.5. The third-order valence-corrected chi connectivity index (χ3v) is 6.67. The molecule has 1 saturated heterocycles. The lowest BCUT2D eigenvalue weighted by atomic mass is 10.0. The Kier molecular flexibility index (Phi) is 7.59. The number of likely N-dealkylation sites (tertiary alicyclic amines) is 1. The van der Waals surface area contributed by atoms with Gasteiger partial charge in [0.2, 0.25) is 0 Å². The standard InChI is InChI=1S/C26H30N4O3S/c1-3-13-30-25(32)21-12-9-19(16-22(21)28-26(30)34)24(31)27-17-23(29-14-5-4-6-15-29)18-7-10-20(33-2)11-8-18/h3,7-12,16,23H,1,4-6,13-15,17H2,2H3,(H,27,31)(H,28,34). The zero-order chi connectivity index (χ0) is 24.1. The van der Waals surface area contributed by atoms with Crippen molar-refractivity contribution < 1.29 is 9.53 Å². The van der Waals surface area contributed by atoms with E-state index in [1.165, 1.54) is 11.0 Å². The number of nitrogens with one attached hydrogen (secondary N) is 2. The molecule has 3 aromatic rings. The zero-order valence-corrected chi connectivity index (χ0v) is 20.2. The first kappa shape index (κ1) is 23.9. The van der Waals surface area contributed by atoms with E-state index >= 15 is 0 Å². The van der Waals surface area contributed by atoms with Gasteiger partial charge in [-0.1, -0.05) is 24.6 Å².